The molecular weight excluding hydrogens is 1350 g/mol. The van der Waals surface area contributed by atoms with E-state index in [-0.39, 0.29) is 79.9 Å². The van der Waals surface area contributed by atoms with Gasteiger partial charge in [0.25, 0.3) is 11.8 Å². The van der Waals surface area contributed by atoms with Gasteiger partial charge in [0.15, 0.2) is 46.3 Å². The number of fused-ring (bicyclic) bond motifs is 3. The van der Waals surface area contributed by atoms with Crippen molar-refractivity contribution in [2.45, 2.75) is 6.54 Å². The second-order valence-electron chi connectivity index (χ2n) is 21.2. The smallest absolute Gasteiger partial charge is 0.268 e. The summed E-state index contributed by atoms with van der Waals surface area (Å²) < 4.78 is 93.3. The number of carbonyl (C=O) groups is 5. The van der Waals surface area contributed by atoms with Crippen LogP contribution in [-0.2, 0) is 20.9 Å². The fraction of sp³-hybridized carbons (Fsp3) is 0.0959. The zero-order valence-electron chi connectivity index (χ0n) is 54.3. The zero-order valence-corrected chi connectivity index (χ0v) is 55.8. The number of halogens is 6. The third kappa shape index (κ3) is 15.1. The van der Waals surface area contributed by atoms with Gasteiger partial charge in [0, 0.05) is 64.3 Å². The molecule has 101 heavy (non-hydrogen) atoms. The molecule has 6 heterocycles. The first-order valence-corrected chi connectivity index (χ1v) is 30.6. The van der Waals surface area contributed by atoms with Gasteiger partial charge in [-0.3, -0.25) is 33.1 Å². The molecule has 0 aliphatic rings. The molecule has 3 amide bonds. The van der Waals surface area contributed by atoms with Crippen molar-refractivity contribution in [2.24, 2.45) is 0 Å². The molecule has 0 fully saturated rings. The number of anilines is 3. The van der Waals surface area contributed by atoms with E-state index < -0.39 is 40.6 Å². The number of carbonyl (C=O) groups excluding carboxylic acids is 5. The summed E-state index contributed by atoms with van der Waals surface area (Å²) in [4.78, 5) is 75.0. The van der Waals surface area contributed by atoms with Crippen molar-refractivity contribution in [3.63, 3.8) is 0 Å². The molecule has 512 valence electrons. The van der Waals surface area contributed by atoms with Crippen LogP contribution in [0.5, 0.6) is 34.5 Å². The molecule has 6 aromatic carbocycles. The van der Waals surface area contributed by atoms with Crippen LogP contribution in [0.15, 0.2) is 190 Å². The number of methoxy groups -OCH3 is 6. The molecule has 12 rings (SSSR count). The third-order valence-electron chi connectivity index (χ3n) is 15.3. The van der Waals surface area contributed by atoms with Gasteiger partial charge in [-0.15, -0.1) is 5.10 Å². The van der Waals surface area contributed by atoms with Gasteiger partial charge in [0.05, 0.1) is 110 Å². The number of amides is 3. The van der Waals surface area contributed by atoms with Crippen molar-refractivity contribution >= 4 is 103 Å². The molecule has 0 atom stereocenters. The van der Waals surface area contributed by atoms with Crippen LogP contribution < -0.4 is 44.4 Å². The van der Waals surface area contributed by atoms with Crippen LogP contribution >= 0.6 is 23.2 Å². The fourth-order valence-electron chi connectivity index (χ4n) is 10.3. The Morgan fingerprint density at radius 1 is 0.446 bits per heavy atom. The van der Waals surface area contributed by atoms with Crippen LogP contribution in [0.3, 0.4) is 0 Å². The monoisotopic (exact) mass is 1410 g/mol. The molecule has 3 N–H and O–H groups in total. The molecule has 0 unspecified atom stereocenters. The van der Waals surface area contributed by atoms with Gasteiger partial charge in [-0.1, -0.05) is 84.6 Å². The molecule has 28 heteroatoms. The Bertz CT molecular complexity index is 4990. The van der Waals surface area contributed by atoms with Gasteiger partial charge in [-0.25, -0.2) is 37.2 Å². The van der Waals surface area contributed by atoms with Gasteiger partial charge < -0.3 is 44.4 Å². The van der Waals surface area contributed by atoms with E-state index in [1.54, 1.807) is 103 Å². The van der Waals surface area contributed by atoms with E-state index in [0.717, 1.165) is 33.4 Å². The van der Waals surface area contributed by atoms with Crippen LogP contribution in [0, 0.1) is 23.3 Å². The van der Waals surface area contributed by atoms with Crippen LogP contribution in [-0.4, -0.2) is 111 Å². The molecule has 0 saturated heterocycles. The maximum Gasteiger partial charge on any atom is 0.268 e. The first-order chi connectivity index (χ1) is 48.7. The van der Waals surface area contributed by atoms with Gasteiger partial charge >= 0.3 is 0 Å². The summed E-state index contributed by atoms with van der Waals surface area (Å²) in [5.41, 5.74) is 7.57. The van der Waals surface area contributed by atoms with E-state index in [0.29, 0.717) is 67.4 Å². The van der Waals surface area contributed by atoms with E-state index in [1.165, 1.54) is 82.4 Å². The van der Waals surface area contributed by atoms with E-state index in [4.69, 9.17) is 51.6 Å². The predicted octanol–water partition coefficient (Wildman–Crippen LogP) is 14.6. The first-order valence-electron chi connectivity index (χ1n) is 29.9. The first kappa shape index (κ1) is 71.1. The maximum atomic E-state index is 14.8. The van der Waals surface area contributed by atoms with Crippen molar-refractivity contribution in [3.8, 4) is 68.3 Å². The Hall–Kier alpha value is -12.7. The number of hydrogen-bond donors (Lipinski definition) is 3. The maximum absolute atomic E-state index is 14.8. The average molecular weight is 1410 g/mol. The molecule has 6 aromatic heterocycles. The standard InChI is InChI=1S/C25H19Cl2N3O4.C25H19F2N3O4.C23H19F2N5O3/c2*1-4-21(31)28-15-7-5-6-14(12-15)16-8-9-18-17(29-16)10-11-30(18)25(32)22-23(26)19(33-2)13-20(34-3)24(22)27;1-4-20(31)26-14-7-5-6-13(10-14)16-8-9-17-23(27-16)28-29-30(17)12-15-21(24)18(32-2)11-19(33-3)22(15)25/h2*4-13H,1H2,2-3H3,(H,28,31);4-11H,1,12H2,2-3H3,(H,26,31). The second kappa shape index (κ2) is 31.2. The van der Waals surface area contributed by atoms with E-state index >= 15 is 0 Å². The molecule has 0 aliphatic heterocycles. The minimum atomic E-state index is -1.13. The lowest BCUT2D eigenvalue weighted by Gasteiger charge is -2.14. The van der Waals surface area contributed by atoms with Crippen LogP contribution in [0.4, 0.5) is 34.6 Å². The highest BCUT2D eigenvalue weighted by atomic mass is 35.5. The van der Waals surface area contributed by atoms with Gasteiger partial charge in [0.2, 0.25) is 23.4 Å². The Balaban J connectivity index is 0.000000163. The van der Waals surface area contributed by atoms with Crippen molar-refractivity contribution < 1.29 is 70.0 Å². The van der Waals surface area contributed by atoms with Gasteiger partial charge in [0.1, 0.15) is 22.6 Å². The molecule has 12 aromatic rings. The minimum Gasteiger partial charge on any atom is -0.495 e. The quantitative estimate of drug-likeness (QED) is 0.0502. The molecule has 0 bridgehead atoms. The van der Waals surface area contributed by atoms with Gasteiger partial charge in [-0.2, -0.15) is 0 Å². The van der Waals surface area contributed by atoms with Crippen LogP contribution in [0.2, 0.25) is 10.0 Å². The molecular formula is C73H57Cl2F4N11O11. The zero-order chi connectivity index (χ0) is 72.3. The number of rotatable bonds is 19. The molecule has 0 spiro atoms. The van der Waals surface area contributed by atoms with E-state index in [9.17, 15) is 41.5 Å². The summed E-state index contributed by atoms with van der Waals surface area (Å²) in [6.45, 7) is 10.1. The summed E-state index contributed by atoms with van der Waals surface area (Å²) in [6.07, 6.45) is 6.53. The number of aromatic nitrogens is 8. The van der Waals surface area contributed by atoms with Crippen molar-refractivity contribution in [2.75, 3.05) is 58.6 Å². The average Bonchev–Trinajstić information content (AvgIpc) is 1.68. The van der Waals surface area contributed by atoms with Crippen LogP contribution in [0.1, 0.15) is 26.3 Å². The lowest BCUT2D eigenvalue weighted by atomic mass is 10.1. The lowest BCUT2D eigenvalue weighted by Crippen LogP contribution is -2.16. The number of benzene rings is 6. The number of ether oxygens (including phenoxy) is 6. The Kier molecular flexibility index (Phi) is 22.0. The summed E-state index contributed by atoms with van der Waals surface area (Å²) in [7, 11) is 7.87. The Morgan fingerprint density at radius 2 is 0.802 bits per heavy atom. The third-order valence-corrected chi connectivity index (χ3v) is 16.0. The molecule has 0 radical (unpaired) electrons. The SMILES string of the molecule is C=CC(=O)Nc1cccc(-c2ccc3c(ccn3C(=O)c3c(Cl)c(OC)cc(OC)c3Cl)n2)c1.C=CC(=O)Nc1cccc(-c2ccc3c(ccn3C(=O)c3c(F)c(OC)cc(OC)c3F)n2)c1.C=CC(=O)Nc1cccc(-c2ccc3c(nnn3Cc3c(F)c(OC)cc(OC)c3F)n2)c1. The second-order valence-corrected chi connectivity index (χ2v) is 22.0. The number of hydrogen-bond acceptors (Lipinski definition) is 16. The number of nitrogens with one attached hydrogen (secondary N) is 3. The normalized spacial score (nSPS) is 10.7. The van der Waals surface area contributed by atoms with Crippen molar-refractivity contribution in [1.82, 2.24) is 39.1 Å². The molecule has 22 nitrogen and oxygen atoms in total. The molecule has 0 saturated carbocycles. The van der Waals surface area contributed by atoms with E-state index in [2.05, 4.69) is 61.0 Å². The number of nitrogens with zero attached hydrogens (tertiary/aromatic N) is 8. The summed E-state index contributed by atoms with van der Waals surface area (Å²) in [5, 5.41) is 16.3. The molecule has 0 aliphatic carbocycles. The van der Waals surface area contributed by atoms with E-state index in [1.807, 2.05) is 24.3 Å². The van der Waals surface area contributed by atoms with Crippen LogP contribution in [0.25, 0.3) is 67.0 Å². The highest BCUT2D eigenvalue weighted by Gasteiger charge is 2.29. The Labute approximate surface area is 582 Å². The van der Waals surface area contributed by atoms with Crippen molar-refractivity contribution in [3.05, 3.63) is 240 Å². The Morgan fingerprint density at radius 3 is 1.19 bits per heavy atom. The summed E-state index contributed by atoms with van der Waals surface area (Å²) in [5.74, 6) is -6.69. The highest BCUT2D eigenvalue weighted by Crippen LogP contribution is 2.42. The minimum absolute atomic E-state index is 0.0618. The number of pyridine rings is 3. The summed E-state index contributed by atoms with van der Waals surface area (Å²) in [6, 6.07) is 38.7. The van der Waals surface area contributed by atoms with Gasteiger partial charge in [-0.05, 0) is 103 Å². The highest BCUT2D eigenvalue weighted by molar-refractivity contribution is 6.41. The lowest BCUT2D eigenvalue weighted by molar-refractivity contribution is -0.112. The summed E-state index contributed by atoms with van der Waals surface area (Å²) >= 11 is 12.8. The fourth-order valence-corrected chi connectivity index (χ4v) is 11.0. The van der Waals surface area contributed by atoms with Crippen molar-refractivity contribution in [1.29, 1.82) is 0 Å². The topological polar surface area (TPSA) is 256 Å². The largest absolute Gasteiger partial charge is 0.495 e. The predicted molar refractivity (Wildman–Crippen MR) is 375 cm³/mol.